The molecule has 0 N–H and O–H groups in total. The Labute approximate surface area is 42.1 Å². The van der Waals surface area contributed by atoms with Crippen LogP contribution in [0.3, 0.4) is 0 Å². The van der Waals surface area contributed by atoms with Crippen molar-refractivity contribution in [3.63, 3.8) is 0 Å². The van der Waals surface area contributed by atoms with Gasteiger partial charge in [0, 0.05) is 9.52 Å². The Kier molecular flexibility index (Phi) is 4.92. The van der Waals surface area contributed by atoms with Gasteiger partial charge in [0.25, 0.3) is 0 Å². The maximum Gasteiger partial charge on any atom is 0.0447 e. The van der Waals surface area contributed by atoms with Crippen molar-refractivity contribution in [1.82, 2.24) is 0 Å². The summed E-state index contributed by atoms with van der Waals surface area (Å²) in [6.07, 6.45) is 2.15. The monoisotopic (exact) mass is 100 g/mol. The van der Waals surface area contributed by atoms with Crippen molar-refractivity contribution in [2.75, 3.05) is 0 Å². The minimum atomic E-state index is 0.241. The fourth-order valence-corrected chi connectivity index (χ4v) is 1.00. The van der Waals surface area contributed by atoms with Crippen LogP contribution in [0.2, 0.25) is 6.04 Å². The van der Waals surface area contributed by atoms with E-state index in [1.54, 1.807) is 0 Å². The molecule has 0 bridgehead atoms. The molecule has 0 saturated carbocycles. The van der Waals surface area contributed by atoms with Gasteiger partial charge in [-0.3, -0.25) is 0 Å². The molecule has 0 atom stereocenters. The number of hydrogen-bond donors (Lipinski definition) is 0. The van der Waals surface area contributed by atoms with E-state index in [1.807, 2.05) is 0 Å². The van der Waals surface area contributed by atoms with E-state index in [0.29, 0.717) is 0 Å². The molecule has 0 radical (unpaired) electrons. The molecule has 6 heavy (non-hydrogen) atoms. The molecule has 0 nitrogen and oxygen atoms in total. The highest BCUT2D eigenvalue weighted by Crippen LogP contribution is 1.73. The lowest BCUT2D eigenvalue weighted by atomic mass is 10.8. The van der Waals surface area contributed by atoms with Gasteiger partial charge in [-0.25, -0.2) is 0 Å². The first-order valence-corrected chi connectivity index (χ1v) is 4.34. The molecule has 0 amide bonds. The zero-order chi connectivity index (χ0) is 4.83. The van der Waals surface area contributed by atoms with Crippen LogP contribution < -0.4 is 0 Å². The van der Waals surface area contributed by atoms with E-state index in [2.05, 4.69) is 25.6 Å². The first-order valence-electron chi connectivity index (χ1n) is 2.53. The summed E-state index contributed by atoms with van der Waals surface area (Å²) in [7, 11) is 0.241. The lowest BCUT2D eigenvalue weighted by Gasteiger charge is -1.74. The number of allylic oxidation sites excluding steroid dienone is 1. The van der Waals surface area contributed by atoms with Crippen LogP contribution in [-0.2, 0) is 0 Å². The summed E-state index contributed by atoms with van der Waals surface area (Å²) in [4.78, 5) is 0. The smallest absolute Gasteiger partial charge is 0.0447 e. The highest BCUT2D eigenvalue weighted by atomic mass is 28.2. The summed E-state index contributed by atoms with van der Waals surface area (Å²) < 4.78 is 0. The van der Waals surface area contributed by atoms with Crippen LogP contribution in [0.15, 0.2) is 11.8 Å². The highest BCUT2D eigenvalue weighted by Gasteiger charge is 1.66. The van der Waals surface area contributed by atoms with E-state index in [4.69, 9.17) is 0 Å². The largest absolute Gasteiger partial charge is 0.106 e. The van der Waals surface area contributed by atoms with Crippen molar-refractivity contribution in [3.05, 3.63) is 11.8 Å². The highest BCUT2D eigenvalue weighted by molar-refractivity contribution is 6.41. The van der Waals surface area contributed by atoms with Crippen LogP contribution in [0.25, 0.3) is 0 Å². The Morgan fingerprint density at radius 1 is 1.67 bits per heavy atom. The average Bonchev–Trinajstić information content (AvgIpc) is 1.61. The van der Waals surface area contributed by atoms with Gasteiger partial charge in [-0.15, -0.1) is 5.70 Å². The standard InChI is InChI=1S/C5H12Si/c1-3-5-6-4-2/h3,5H,4,6H2,1-2H3/b5-3+. The van der Waals surface area contributed by atoms with Gasteiger partial charge in [-0.05, 0) is 6.92 Å². The fourth-order valence-electron chi connectivity index (χ4n) is 0.333. The summed E-state index contributed by atoms with van der Waals surface area (Å²) in [5.74, 6) is 0. The molecule has 0 rings (SSSR count). The molecule has 0 aliphatic carbocycles. The zero-order valence-corrected chi connectivity index (χ0v) is 5.98. The second kappa shape index (κ2) is 4.96. The molecule has 0 aromatic carbocycles. The molecular weight excluding hydrogens is 88.1 g/mol. The Bertz CT molecular complexity index is 39.2. The van der Waals surface area contributed by atoms with Gasteiger partial charge in [-0.2, -0.15) is 0 Å². The Morgan fingerprint density at radius 2 is 2.33 bits per heavy atom. The maximum atomic E-state index is 2.32. The second-order valence-corrected chi connectivity index (χ2v) is 3.41. The van der Waals surface area contributed by atoms with Crippen LogP contribution in [0, 0.1) is 0 Å². The number of rotatable bonds is 2. The van der Waals surface area contributed by atoms with Crippen molar-refractivity contribution in [2.24, 2.45) is 0 Å². The molecule has 0 spiro atoms. The first kappa shape index (κ1) is 5.96. The van der Waals surface area contributed by atoms with Gasteiger partial charge in [0.1, 0.15) is 0 Å². The van der Waals surface area contributed by atoms with Crippen LogP contribution in [0.5, 0.6) is 0 Å². The third-order valence-corrected chi connectivity index (χ3v) is 2.07. The molecule has 0 aromatic heterocycles. The zero-order valence-electron chi connectivity index (χ0n) is 4.57. The van der Waals surface area contributed by atoms with E-state index in [1.165, 1.54) is 6.04 Å². The molecule has 0 saturated heterocycles. The Balaban J connectivity index is 2.66. The van der Waals surface area contributed by atoms with E-state index in [-0.39, 0.29) is 9.52 Å². The van der Waals surface area contributed by atoms with Crippen molar-refractivity contribution < 1.29 is 0 Å². The van der Waals surface area contributed by atoms with E-state index in [9.17, 15) is 0 Å². The topological polar surface area (TPSA) is 0 Å². The van der Waals surface area contributed by atoms with Gasteiger partial charge in [0.05, 0.1) is 0 Å². The Hall–Kier alpha value is -0.0431. The van der Waals surface area contributed by atoms with Crippen LogP contribution in [-0.4, -0.2) is 9.52 Å². The van der Waals surface area contributed by atoms with Crippen molar-refractivity contribution in [3.8, 4) is 0 Å². The summed E-state index contributed by atoms with van der Waals surface area (Å²) in [5.41, 5.74) is 2.32. The second-order valence-electron chi connectivity index (χ2n) is 1.36. The molecule has 1 heteroatoms. The summed E-state index contributed by atoms with van der Waals surface area (Å²) in [5, 5.41) is 0. The van der Waals surface area contributed by atoms with Crippen LogP contribution in [0.4, 0.5) is 0 Å². The minimum Gasteiger partial charge on any atom is -0.106 e. The molecule has 0 aromatic rings. The minimum absolute atomic E-state index is 0.241. The van der Waals surface area contributed by atoms with Crippen LogP contribution >= 0.6 is 0 Å². The maximum absolute atomic E-state index is 2.32. The predicted molar refractivity (Wildman–Crippen MR) is 33.8 cm³/mol. The van der Waals surface area contributed by atoms with Crippen molar-refractivity contribution >= 4 is 9.52 Å². The van der Waals surface area contributed by atoms with Gasteiger partial charge < -0.3 is 0 Å². The molecule has 0 aliphatic rings. The molecule has 0 fully saturated rings. The molecule has 36 valence electrons. The SMILES string of the molecule is C/C=C/[SiH2]CC. The van der Waals surface area contributed by atoms with Gasteiger partial charge in [0.15, 0.2) is 0 Å². The average molecular weight is 100 g/mol. The molecule has 0 heterocycles. The quantitative estimate of drug-likeness (QED) is 0.456. The molecule has 0 unspecified atom stereocenters. The summed E-state index contributed by atoms with van der Waals surface area (Å²) in [6.45, 7) is 4.33. The van der Waals surface area contributed by atoms with Gasteiger partial charge >= 0.3 is 0 Å². The normalized spacial score (nSPS) is 12.3. The fraction of sp³-hybridized carbons (Fsp3) is 0.600. The first-order chi connectivity index (χ1) is 2.91. The number of hydrogen-bond acceptors (Lipinski definition) is 0. The van der Waals surface area contributed by atoms with Gasteiger partial charge in [0.2, 0.25) is 0 Å². The van der Waals surface area contributed by atoms with E-state index in [0.717, 1.165) is 0 Å². The lowest BCUT2D eigenvalue weighted by Crippen LogP contribution is -1.74. The molecular formula is C5H12Si. The Morgan fingerprint density at radius 3 is 2.50 bits per heavy atom. The lowest BCUT2D eigenvalue weighted by molar-refractivity contribution is 1.46. The summed E-state index contributed by atoms with van der Waals surface area (Å²) >= 11 is 0. The molecule has 0 aliphatic heterocycles. The van der Waals surface area contributed by atoms with Gasteiger partial charge in [-0.1, -0.05) is 19.0 Å². The predicted octanol–water partition coefficient (Wildman–Crippen LogP) is 1.13. The van der Waals surface area contributed by atoms with Crippen molar-refractivity contribution in [2.45, 2.75) is 19.9 Å². The summed E-state index contributed by atoms with van der Waals surface area (Å²) in [6, 6.07) is 1.41. The van der Waals surface area contributed by atoms with Crippen LogP contribution in [0.1, 0.15) is 13.8 Å². The third-order valence-electron chi connectivity index (χ3n) is 0.691. The third kappa shape index (κ3) is 3.96. The van der Waals surface area contributed by atoms with E-state index >= 15 is 0 Å². The van der Waals surface area contributed by atoms with Crippen molar-refractivity contribution in [1.29, 1.82) is 0 Å². The van der Waals surface area contributed by atoms with E-state index < -0.39 is 0 Å².